The van der Waals surface area contributed by atoms with E-state index in [4.69, 9.17) is 4.98 Å². The molecule has 1 aromatic carbocycles. The molecule has 0 atom stereocenters. The largest absolute Gasteiger partial charge is 0.235 e. The summed E-state index contributed by atoms with van der Waals surface area (Å²) in [4.78, 5) is 6.01. The first-order valence-electron chi connectivity index (χ1n) is 5.16. The van der Waals surface area contributed by atoms with Crippen molar-refractivity contribution in [1.29, 1.82) is 0 Å². The van der Waals surface area contributed by atoms with Crippen LogP contribution in [0.25, 0.3) is 20.1 Å². The lowest BCUT2D eigenvalue weighted by atomic mass is 10.2. The minimum atomic E-state index is 1.12. The minimum Gasteiger partial charge on any atom is -0.235 e. The van der Waals surface area contributed by atoms with E-state index in [1.807, 2.05) is 0 Å². The Morgan fingerprint density at radius 1 is 1.12 bits per heavy atom. The average Bonchev–Trinajstić information content (AvgIpc) is 2.82. The number of hydrogen-bond acceptors (Lipinski definition) is 3. The zero-order valence-corrected chi connectivity index (χ0v) is 10.8. The van der Waals surface area contributed by atoms with Crippen molar-refractivity contribution >= 4 is 32.9 Å². The molecule has 2 heterocycles. The SMILES string of the molecule is Cc1ccc2sc(-c3sccc3C)nc2c1. The summed E-state index contributed by atoms with van der Waals surface area (Å²) in [5.41, 5.74) is 3.71. The lowest BCUT2D eigenvalue weighted by molar-refractivity contribution is 1.44. The van der Waals surface area contributed by atoms with Gasteiger partial charge in [-0.3, -0.25) is 0 Å². The molecular formula is C13H11NS2. The fourth-order valence-corrected chi connectivity index (χ4v) is 3.76. The Labute approximate surface area is 102 Å². The number of hydrogen-bond donors (Lipinski definition) is 0. The second-order valence-corrected chi connectivity index (χ2v) is 5.87. The highest BCUT2D eigenvalue weighted by Crippen LogP contribution is 2.35. The fourth-order valence-electron chi connectivity index (χ4n) is 1.73. The van der Waals surface area contributed by atoms with Gasteiger partial charge in [0.1, 0.15) is 5.01 Å². The summed E-state index contributed by atoms with van der Waals surface area (Å²) in [6.07, 6.45) is 0. The summed E-state index contributed by atoms with van der Waals surface area (Å²) in [5, 5.41) is 3.27. The molecule has 0 spiro atoms. The molecule has 0 aliphatic rings. The zero-order chi connectivity index (χ0) is 11.1. The van der Waals surface area contributed by atoms with Gasteiger partial charge in [-0.25, -0.2) is 4.98 Å². The second-order valence-electron chi connectivity index (χ2n) is 3.92. The Balaban J connectivity index is 2.23. The molecule has 0 fully saturated rings. The standard InChI is InChI=1S/C13H11NS2/c1-8-3-4-11-10(7-8)14-13(16-11)12-9(2)5-6-15-12/h3-7H,1-2H3. The summed E-state index contributed by atoms with van der Waals surface area (Å²) < 4.78 is 1.27. The number of benzene rings is 1. The van der Waals surface area contributed by atoms with Crippen molar-refractivity contribution in [3.8, 4) is 9.88 Å². The molecule has 0 saturated carbocycles. The van der Waals surface area contributed by atoms with E-state index in [9.17, 15) is 0 Å². The lowest BCUT2D eigenvalue weighted by Gasteiger charge is -1.90. The Hall–Kier alpha value is -1.19. The van der Waals surface area contributed by atoms with Crippen LogP contribution in [0, 0.1) is 13.8 Å². The van der Waals surface area contributed by atoms with Crippen LogP contribution in [-0.2, 0) is 0 Å². The third kappa shape index (κ3) is 1.56. The van der Waals surface area contributed by atoms with Gasteiger partial charge in [-0.05, 0) is 48.6 Å². The van der Waals surface area contributed by atoms with E-state index in [0.717, 1.165) is 10.5 Å². The molecule has 0 amide bonds. The maximum absolute atomic E-state index is 4.71. The van der Waals surface area contributed by atoms with E-state index < -0.39 is 0 Å². The van der Waals surface area contributed by atoms with Gasteiger partial charge in [0.15, 0.2) is 0 Å². The van der Waals surface area contributed by atoms with Crippen LogP contribution in [0.4, 0.5) is 0 Å². The Morgan fingerprint density at radius 2 is 2.00 bits per heavy atom. The molecule has 16 heavy (non-hydrogen) atoms. The van der Waals surface area contributed by atoms with E-state index in [0.29, 0.717) is 0 Å². The van der Waals surface area contributed by atoms with Crippen LogP contribution in [-0.4, -0.2) is 4.98 Å². The smallest absolute Gasteiger partial charge is 0.134 e. The average molecular weight is 245 g/mol. The van der Waals surface area contributed by atoms with E-state index in [1.54, 1.807) is 22.7 Å². The highest BCUT2D eigenvalue weighted by molar-refractivity contribution is 7.25. The first-order chi connectivity index (χ1) is 7.74. The molecule has 80 valence electrons. The molecule has 3 rings (SSSR count). The van der Waals surface area contributed by atoms with Crippen LogP contribution in [0.15, 0.2) is 29.6 Å². The van der Waals surface area contributed by atoms with Crippen molar-refractivity contribution in [2.45, 2.75) is 13.8 Å². The monoisotopic (exact) mass is 245 g/mol. The zero-order valence-electron chi connectivity index (χ0n) is 9.15. The molecule has 2 aromatic heterocycles. The van der Waals surface area contributed by atoms with Crippen LogP contribution in [0.5, 0.6) is 0 Å². The molecule has 0 bridgehead atoms. The van der Waals surface area contributed by atoms with E-state index in [2.05, 4.69) is 43.5 Å². The number of thiazole rings is 1. The highest BCUT2D eigenvalue weighted by Gasteiger charge is 2.09. The number of fused-ring (bicyclic) bond motifs is 1. The summed E-state index contributed by atoms with van der Waals surface area (Å²) >= 11 is 3.55. The lowest BCUT2D eigenvalue weighted by Crippen LogP contribution is -1.74. The van der Waals surface area contributed by atoms with Crippen LogP contribution in [0.3, 0.4) is 0 Å². The van der Waals surface area contributed by atoms with Crippen LogP contribution < -0.4 is 0 Å². The van der Waals surface area contributed by atoms with Gasteiger partial charge >= 0.3 is 0 Å². The number of thiophene rings is 1. The van der Waals surface area contributed by atoms with Crippen molar-refractivity contribution in [1.82, 2.24) is 4.98 Å². The molecule has 0 aliphatic heterocycles. The first kappa shape index (κ1) is 10.00. The summed E-state index contributed by atoms with van der Waals surface area (Å²) in [7, 11) is 0. The Kier molecular flexibility index (Phi) is 2.30. The third-order valence-corrected chi connectivity index (χ3v) is 4.81. The normalized spacial score (nSPS) is 11.1. The van der Waals surface area contributed by atoms with Gasteiger partial charge in [0.2, 0.25) is 0 Å². The predicted octanol–water partition coefficient (Wildman–Crippen LogP) is 4.64. The molecule has 0 unspecified atom stereocenters. The molecule has 0 radical (unpaired) electrons. The van der Waals surface area contributed by atoms with E-state index in [1.165, 1.54) is 20.7 Å². The molecule has 0 saturated heterocycles. The fraction of sp³-hybridized carbons (Fsp3) is 0.154. The maximum Gasteiger partial charge on any atom is 0.134 e. The first-order valence-corrected chi connectivity index (χ1v) is 6.85. The molecule has 0 N–H and O–H groups in total. The van der Waals surface area contributed by atoms with Gasteiger partial charge in [0, 0.05) is 0 Å². The molecule has 3 aromatic rings. The minimum absolute atomic E-state index is 1.12. The van der Waals surface area contributed by atoms with Gasteiger partial charge in [0.25, 0.3) is 0 Å². The number of aryl methyl sites for hydroxylation is 2. The molecule has 1 nitrogen and oxygen atoms in total. The van der Waals surface area contributed by atoms with Crippen molar-refractivity contribution in [3.05, 3.63) is 40.8 Å². The Morgan fingerprint density at radius 3 is 2.75 bits per heavy atom. The van der Waals surface area contributed by atoms with Gasteiger partial charge < -0.3 is 0 Å². The predicted molar refractivity (Wildman–Crippen MR) is 72.4 cm³/mol. The maximum atomic E-state index is 4.71. The van der Waals surface area contributed by atoms with Crippen molar-refractivity contribution < 1.29 is 0 Å². The third-order valence-electron chi connectivity index (χ3n) is 2.60. The van der Waals surface area contributed by atoms with Crippen LogP contribution in [0.2, 0.25) is 0 Å². The summed E-state index contributed by atoms with van der Waals surface area (Å²) in [6.45, 7) is 4.25. The van der Waals surface area contributed by atoms with Gasteiger partial charge in [-0.15, -0.1) is 22.7 Å². The Bertz CT molecular complexity index is 649. The van der Waals surface area contributed by atoms with Gasteiger partial charge in [-0.2, -0.15) is 0 Å². The van der Waals surface area contributed by atoms with Gasteiger partial charge in [0.05, 0.1) is 15.1 Å². The van der Waals surface area contributed by atoms with Crippen molar-refractivity contribution in [3.63, 3.8) is 0 Å². The molecule has 0 aliphatic carbocycles. The topological polar surface area (TPSA) is 12.9 Å². The highest BCUT2D eigenvalue weighted by atomic mass is 32.1. The number of nitrogens with zero attached hydrogens (tertiary/aromatic N) is 1. The summed E-state index contributed by atoms with van der Waals surface area (Å²) in [6, 6.07) is 8.61. The number of aromatic nitrogens is 1. The van der Waals surface area contributed by atoms with Crippen molar-refractivity contribution in [2.24, 2.45) is 0 Å². The van der Waals surface area contributed by atoms with Crippen LogP contribution in [0.1, 0.15) is 11.1 Å². The summed E-state index contributed by atoms with van der Waals surface area (Å²) in [5.74, 6) is 0. The molecule has 3 heteroatoms. The van der Waals surface area contributed by atoms with Gasteiger partial charge in [-0.1, -0.05) is 6.07 Å². The van der Waals surface area contributed by atoms with Crippen LogP contribution >= 0.6 is 22.7 Å². The molecular weight excluding hydrogens is 234 g/mol. The second kappa shape index (κ2) is 3.68. The quantitative estimate of drug-likeness (QED) is 0.608. The van der Waals surface area contributed by atoms with E-state index >= 15 is 0 Å². The number of rotatable bonds is 1. The van der Waals surface area contributed by atoms with Crippen molar-refractivity contribution in [2.75, 3.05) is 0 Å². The van der Waals surface area contributed by atoms with E-state index in [-0.39, 0.29) is 0 Å².